The van der Waals surface area contributed by atoms with Crippen molar-refractivity contribution < 1.29 is 9.90 Å². The number of carboxylic acids is 1. The van der Waals surface area contributed by atoms with E-state index in [1.807, 2.05) is 0 Å². The monoisotopic (exact) mass is 442 g/mol. The summed E-state index contributed by atoms with van der Waals surface area (Å²) >= 11 is 3.76. The van der Waals surface area contributed by atoms with E-state index in [0.717, 1.165) is 0 Å². The van der Waals surface area contributed by atoms with E-state index in [1.54, 1.807) is 8.26 Å². The minimum absolute atomic E-state index is 0.0681. The third-order valence-electron chi connectivity index (χ3n) is 1.84. The van der Waals surface area contributed by atoms with Gasteiger partial charge in [0.25, 0.3) is 0 Å². The van der Waals surface area contributed by atoms with E-state index in [2.05, 4.69) is 26.5 Å². The van der Waals surface area contributed by atoms with Crippen LogP contribution in [0.2, 0.25) is 8.26 Å². The van der Waals surface area contributed by atoms with Gasteiger partial charge in [0.15, 0.2) is 0 Å². The molecule has 0 aliphatic carbocycles. The van der Waals surface area contributed by atoms with Crippen LogP contribution in [-0.4, -0.2) is 34.0 Å². The summed E-state index contributed by atoms with van der Waals surface area (Å²) in [6.45, 7) is 7.51. The summed E-state index contributed by atoms with van der Waals surface area (Å²) in [7, 11) is 0. The molecule has 0 aromatic heterocycles. The first-order chi connectivity index (χ1) is 7.36. The van der Waals surface area contributed by atoms with Gasteiger partial charge in [-0.1, -0.05) is 0 Å². The van der Waals surface area contributed by atoms with Crippen LogP contribution in [0, 0.1) is 0 Å². The number of hydrogen-bond donors (Lipinski definition) is 1. The number of carbonyl (C=O) groups is 1. The van der Waals surface area contributed by atoms with Crippen LogP contribution in [0.25, 0.3) is 0 Å². The third kappa shape index (κ3) is 17.1. The van der Waals surface area contributed by atoms with Crippen molar-refractivity contribution in [2.45, 2.75) is 66.4 Å². The number of rotatable bonds is 7. The van der Waals surface area contributed by atoms with Gasteiger partial charge in [0.1, 0.15) is 0 Å². The number of thiol groups is 1. The molecule has 0 amide bonds. The first-order valence-electron chi connectivity index (χ1n) is 5.93. The fourth-order valence-corrected chi connectivity index (χ4v) is 5.72. The van der Waals surface area contributed by atoms with Crippen molar-refractivity contribution in [3.05, 3.63) is 0 Å². The molecule has 96 valence electrons. The molecule has 16 heavy (non-hydrogen) atoms. The Balaban J connectivity index is 0. The summed E-state index contributed by atoms with van der Waals surface area (Å²) in [6, 6.07) is 0. The summed E-state index contributed by atoms with van der Waals surface area (Å²) < 4.78 is 2.27. The molecular weight excluding hydrogens is 417 g/mol. The van der Waals surface area contributed by atoms with Crippen LogP contribution in [0.5, 0.6) is 0 Å². The second-order valence-corrected chi connectivity index (χ2v) is 10.6. The molecule has 0 aromatic carbocycles. The quantitative estimate of drug-likeness (QED) is 0.374. The molecule has 0 saturated carbocycles. The Morgan fingerprint density at radius 3 is 1.69 bits per heavy atom. The van der Waals surface area contributed by atoms with Crippen molar-refractivity contribution in [3.8, 4) is 0 Å². The molecule has 0 fully saturated rings. The average molecular weight is 442 g/mol. The van der Waals surface area contributed by atoms with Gasteiger partial charge >= 0.3 is 71.0 Å². The average Bonchev–Trinajstić information content (AvgIpc) is 2.17. The molecule has 4 heteroatoms. The molecule has 0 aliphatic rings. The normalized spacial score (nSPS) is 10.6. The zero-order chi connectivity index (χ0) is 13.0. The molecule has 0 saturated heterocycles. The molecule has 0 bridgehead atoms. The number of carboxylic acid groups (broad SMARTS) is 1. The van der Waals surface area contributed by atoms with Crippen LogP contribution in [0.1, 0.15) is 53.4 Å². The van der Waals surface area contributed by atoms with E-state index >= 15 is 0 Å². The first kappa shape index (κ1) is 19.1. The summed E-state index contributed by atoms with van der Waals surface area (Å²) in [5, 5.41) is 9.83. The van der Waals surface area contributed by atoms with Gasteiger partial charge in [-0.2, -0.15) is 12.6 Å². The Morgan fingerprint density at radius 2 is 1.50 bits per heavy atom. The van der Waals surface area contributed by atoms with Crippen molar-refractivity contribution in [3.63, 3.8) is 0 Å². The van der Waals surface area contributed by atoms with Crippen LogP contribution < -0.4 is 5.11 Å². The van der Waals surface area contributed by atoms with E-state index in [9.17, 15) is 9.90 Å². The zero-order valence-electron chi connectivity index (χ0n) is 11.0. The zero-order valence-corrected chi connectivity index (χ0v) is 15.3. The molecule has 2 radical (unpaired) electrons. The molecule has 0 aromatic rings. The van der Waals surface area contributed by atoms with Gasteiger partial charge in [-0.25, -0.2) is 0 Å². The summed E-state index contributed by atoms with van der Waals surface area (Å²) in [5.74, 6) is -1.14. The van der Waals surface area contributed by atoms with Gasteiger partial charge in [0, 0.05) is 4.75 Å². The molecule has 0 aliphatic heterocycles. The standard InChI is InChI=1S/C4H8O2S.2C4H9.Bi/c1-4(2,7)3(5)6;2*1-3-4-2;/h7H,1-2H3,(H,5,6);2*1,3-4H2,2H3;/q;;;+1/p-1. The summed E-state index contributed by atoms with van der Waals surface area (Å²) in [4.78, 5) is 9.83. The molecule has 2 nitrogen and oxygen atoms in total. The number of unbranched alkanes of at least 4 members (excludes halogenated alkanes) is 2. The van der Waals surface area contributed by atoms with E-state index < -0.39 is 10.7 Å². The number of hydrogen-bond acceptors (Lipinski definition) is 3. The molecule has 0 heterocycles. The van der Waals surface area contributed by atoms with Gasteiger partial charge in [0.05, 0.1) is 5.97 Å². The van der Waals surface area contributed by atoms with Crippen molar-refractivity contribution >= 4 is 41.8 Å². The molecule has 0 atom stereocenters. The minimum atomic E-state index is -1.14. The predicted octanol–water partition coefficient (Wildman–Crippen LogP) is 2.57. The maximum absolute atomic E-state index is 9.83. The number of aliphatic carboxylic acids is 1. The molecule has 0 rings (SSSR count). The number of carbonyl (C=O) groups excluding carboxylic acids is 1. The van der Waals surface area contributed by atoms with Crippen LogP contribution in [-0.2, 0) is 4.79 Å². The van der Waals surface area contributed by atoms with E-state index in [-0.39, 0.29) is 23.2 Å². The van der Waals surface area contributed by atoms with Gasteiger partial charge in [-0.3, -0.25) is 0 Å². The molecule has 0 N–H and O–H groups in total. The van der Waals surface area contributed by atoms with Gasteiger partial charge in [-0.15, -0.1) is 0 Å². The van der Waals surface area contributed by atoms with E-state index in [1.165, 1.54) is 39.5 Å². The third-order valence-corrected chi connectivity index (χ3v) is 6.94. The van der Waals surface area contributed by atoms with Gasteiger partial charge < -0.3 is 9.90 Å². The van der Waals surface area contributed by atoms with Crippen molar-refractivity contribution in [2.24, 2.45) is 0 Å². The molecule has 0 spiro atoms. The van der Waals surface area contributed by atoms with Gasteiger partial charge in [0.2, 0.25) is 0 Å². The predicted molar refractivity (Wildman–Crippen MR) is 73.3 cm³/mol. The topological polar surface area (TPSA) is 40.1 Å². The molecule has 0 unspecified atom stereocenters. The fraction of sp³-hybridized carbons (Fsp3) is 0.917. The second-order valence-electron chi connectivity index (χ2n) is 4.22. The van der Waals surface area contributed by atoms with Crippen molar-refractivity contribution in [2.75, 3.05) is 0 Å². The van der Waals surface area contributed by atoms with E-state index in [4.69, 9.17) is 0 Å². The molecular formula is C12H25BiO2S. The van der Waals surface area contributed by atoms with Crippen LogP contribution in [0.3, 0.4) is 0 Å². The van der Waals surface area contributed by atoms with Gasteiger partial charge in [-0.05, 0) is 13.8 Å². The Morgan fingerprint density at radius 1 is 1.19 bits per heavy atom. The van der Waals surface area contributed by atoms with Crippen LogP contribution in [0.15, 0.2) is 0 Å². The summed E-state index contributed by atoms with van der Waals surface area (Å²) in [6.07, 6.45) is 5.85. The Bertz CT molecular complexity index is 161. The maximum atomic E-state index is 9.83. The van der Waals surface area contributed by atoms with E-state index in [0.29, 0.717) is 0 Å². The second kappa shape index (κ2) is 12.2. The first-order valence-corrected chi connectivity index (χ1v) is 11.3. The van der Waals surface area contributed by atoms with Crippen molar-refractivity contribution in [1.29, 1.82) is 0 Å². The SMILES string of the molecule is CC(C)(S)C(=O)[O-].CCC[CH2][Bi+][CH2]CCC. The Labute approximate surface area is 118 Å². The fourth-order valence-electron chi connectivity index (χ4n) is 0.652. The van der Waals surface area contributed by atoms with Crippen LogP contribution >= 0.6 is 12.6 Å². The Kier molecular flexibility index (Phi) is 14.5. The van der Waals surface area contributed by atoms with Crippen molar-refractivity contribution in [1.82, 2.24) is 0 Å². The van der Waals surface area contributed by atoms with Crippen LogP contribution in [0.4, 0.5) is 0 Å². The summed E-state index contributed by atoms with van der Waals surface area (Å²) in [5.41, 5.74) is 0. The Hall–Kier alpha value is 0.703.